The second-order valence-electron chi connectivity index (χ2n) is 5.15. The van der Waals surface area contributed by atoms with Crippen LogP contribution in [0.15, 0.2) is 59.8 Å². The van der Waals surface area contributed by atoms with Crippen molar-refractivity contribution in [3.05, 3.63) is 60.2 Å². The van der Waals surface area contributed by atoms with Gasteiger partial charge in [-0.15, -0.1) is 5.10 Å². The number of carbonyl (C=O) groups is 1. The first-order valence-corrected chi connectivity index (χ1v) is 8.37. The number of thioether (sulfide) groups is 1. The van der Waals surface area contributed by atoms with Crippen LogP contribution < -0.4 is 5.32 Å². The predicted molar refractivity (Wildman–Crippen MR) is 94.3 cm³/mol. The summed E-state index contributed by atoms with van der Waals surface area (Å²) in [5, 5.41) is 23.5. The fraction of sp³-hybridized carbons (Fsp3) is 0.118. The molecule has 2 aromatic carbocycles. The highest BCUT2D eigenvalue weighted by molar-refractivity contribution is 8.00. The molecule has 3 aromatic rings. The summed E-state index contributed by atoms with van der Waals surface area (Å²) in [6.07, 6.45) is 0. The molecule has 0 bridgehead atoms. The molecule has 0 radical (unpaired) electrons. The van der Waals surface area contributed by atoms with Crippen LogP contribution in [0.3, 0.4) is 0 Å². The molecule has 8 heteroatoms. The largest absolute Gasteiger partial charge is 0.325 e. The lowest BCUT2D eigenvalue weighted by atomic mass is 10.2. The van der Waals surface area contributed by atoms with Crippen LogP contribution in [0.1, 0.15) is 12.5 Å². The van der Waals surface area contributed by atoms with Crippen molar-refractivity contribution >= 4 is 23.4 Å². The molecule has 3 rings (SSSR count). The van der Waals surface area contributed by atoms with E-state index in [4.69, 9.17) is 5.26 Å². The molecule has 0 fully saturated rings. The summed E-state index contributed by atoms with van der Waals surface area (Å²) in [4.78, 5) is 12.4. The molecule has 25 heavy (non-hydrogen) atoms. The highest BCUT2D eigenvalue weighted by Gasteiger charge is 2.19. The third-order valence-corrected chi connectivity index (χ3v) is 4.39. The van der Waals surface area contributed by atoms with E-state index in [1.165, 1.54) is 11.8 Å². The molecule has 0 unspecified atom stereocenters. The second-order valence-corrected chi connectivity index (χ2v) is 6.46. The SMILES string of the molecule is C[C@H](Sc1nnnn1-c1ccccc1)C(=O)Nc1cccc(C#N)c1. The van der Waals surface area contributed by atoms with Crippen molar-refractivity contribution in [3.63, 3.8) is 0 Å². The Bertz CT molecular complexity index is 918. The van der Waals surface area contributed by atoms with Gasteiger partial charge < -0.3 is 5.32 Å². The minimum absolute atomic E-state index is 0.192. The lowest BCUT2D eigenvalue weighted by molar-refractivity contribution is -0.115. The first-order valence-electron chi connectivity index (χ1n) is 7.49. The lowest BCUT2D eigenvalue weighted by Crippen LogP contribution is -2.23. The molecular formula is C17H14N6OS. The van der Waals surface area contributed by atoms with Gasteiger partial charge in [0.2, 0.25) is 11.1 Å². The molecular weight excluding hydrogens is 336 g/mol. The topological polar surface area (TPSA) is 96.5 Å². The van der Waals surface area contributed by atoms with Gasteiger partial charge in [-0.3, -0.25) is 4.79 Å². The summed E-state index contributed by atoms with van der Waals surface area (Å²) in [5.74, 6) is -0.192. The van der Waals surface area contributed by atoms with Crippen molar-refractivity contribution in [2.45, 2.75) is 17.3 Å². The summed E-state index contributed by atoms with van der Waals surface area (Å²) < 4.78 is 1.59. The van der Waals surface area contributed by atoms with Crippen LogP contribution in [0.4, 0.5) is 5.69 Å². The van der Waals surface area contributed by atoms with Gasteiger partial charge in [0.05, 0.1) is 22.6 Å². The molecule has 1 atom stereocenters. The van der Waals surface area contributed by atoms with E-state index in [1.807, 2.05) is 36.4 Å². The average Bonchev–Trinajstić information content (AvgIpc) is 3.10. The van der Waals surface area contributed by atoms with E-state index in [0.717, 1.165) is 5.69 Å². The summed E-state index contributed by atoms with van der Waals surface area (Å²) in [6, 6.07) is 18.3. The fourth-order valence-corrected chi connectivity index (χ4v) is 2.91. The molecule has 1 N–H and O–H groups in total. The first kappa shape index (κ1) is 16.7. The Labute approximate surface area is 148 Å². The quantitative estimate of drug-likeness (QED) is 0.711. The van der Waals surface area contributed by atoms with Gasteiger partial charge in [0, 0.05) is 5.69 Å². The maximum absolute atomic E-state index is 12.4. The van der Waals surface area contributed by atoms with Gasteiger partial charge in [-0.25, -0.2) is 0 Å². The Morgan fingerprint density at radius 3 is 2.80 bits per heavy atom. The Morgan fingerprint density at radius 2 is 2.04 bits per heavy atom. The highest BCUT2D eigenvalue weighted by atomic mass is 32.2. The number of benzene rings is 2. The predicted octanol–water partition coefficient (Wildman–Crippen LogP) is 2.65. The number of nitrogens with zero attached hydrogens (tertiary/aromatic N) is 5. The molecule has 1 heterocycles. The number of rotatable bonds is 5. The first-order chi connectivity index (χ1) is 12.2. The molecule has 0 spiro atoms. The molecule has 1 amide bonds. The molecule has 0 aliphatic heterocycles. The molecule has 124 valence electrons. The van der Waals surface area contributed by atoms with Crippen LogP contribution in [0.2, 0.25) is 0 Å². The van der Waals surface area contributed by atoms with E-state index >= 15 is 0 Å². The summed E-state index contributed by atoms with van der Waals surface area (Å²) in [6.45, 7) is 1.78. The number of hydrogen-bond donors (Lipinski definition) is 1. The van der Waals surface area contributed by atoms with Crippen LogP contribution >= 0.6 is 11.8 Å². The van der Waals surface area contributed by atoms with Gasteiger partial charge in [-0.2, -0.15) is 9.94 Å². The van der Waals surface area contributed by atoms with Crippen molar-refractivity contribution in [2.24, 2.45) is 0 Å². The molecule has 1 aromatic heterocycles. The minimum Gasteiger partial charge on any atom is -0.325 e. The number of nitriles is 1. The Balaban J connectivity index is 1.70. The zero-order valence-corrected chi connectivity index (χ0v) is 14.1. The zero-order valence-electron chi connectivity index (χ0n) is 13.3. The smallest absolute Gasteiger partial charge is 0.237 e. The van der Waals surface area contributed by atoms with Crippen molar-refractivity contribution in [1.29, 1.82) is 5.26 Å². The van der Waals surface area contributed by atoms with E-state index in [9.17, 15) is 4.79 Å². The van der Waals surface area contributed by atoms with Crippen LogP contribution in [0, 0.1) is 11.3 Å². The van der Waals surface area contributed by atoms with E-state index in [-0.39, 0.29) is 5.91 Å². The molecule has 0 saturated heterocycles. The van der Waals surface area contributed by atoms with Crippen molar-refractivity contribution in [3.8, 4) is 11.8 Å². The highest BCUT2D eigenvalue weighted by Crippen LogP contribution is 2.24. The van der Waals surface area contributed by atoms with Crippen LogP contribution in [-0.4, -0.2) is 31.4 Å². The standard InChI is InChI=1S/C17H14N6OS/c1-12(16(24)19-14-7-5-6-13(10-14)11-18)25-17-20-21-22-23(17)15-8-3-2-4-9-15/h2-10,12H,1H3,(H,19,24)/t12-/m0/s1. The zero-order chi connectivity index (χ0) is 17.6. The van der Waals surface area contributed by atoms with Crippen LogP contribution in [0.25, 0.3) is 5.69 Å². The molecule has 0 aliphatic carbocycles. The van der Waals surface area contributed by atoms with Crippen molar-refractivity contribution < 1.29 is 4.79 Å². The van der Waals surface area contributed by atoms with Gasteiger partial charge >= 0.3 is 0 Å². The number of amides is 1. The molecule has 0 aliphatic rings. The van der Waals surface area contributed by atoms with E-state index in [2.05, 4.69) is 20.8 Å². The maximum atomic E-state index is 12.4. The molecule has 7 nitrogen and oxygen atoms in total. The van der Waals surface area contributed by atoms with Gasteiger partial charge in [0.1, 0.15) is 0 Å². The Kier molecular flexibility index (Phi) is 5.06. The van der Waals surface area contributed by atoms with Gasteiger partial charge in [0.15, 0.2) is 0 Å². The lowest BCUT2D eigenvalue weighted by Gasteiger charge is -2.11. The van der Waals surface area contributed by atoms with E-state index < -0.39 is 5.25 Å². The summed E-state index contributed by atoms with van der Waals surface area (Å²) in [5.41, 5.74) is 1.90. The summed E-state index contributed by atoms with van der Waals surface area (Å²) in [7, 11) is 0. The number of anilines is 1. The van der Waals surface area contributed by atoms with Crippen LogP contribution in [0.5, 0.6) is 0 Å². The van der Waals surface area contributed by atoms with Gasteiger partial charge in [-0.05, 0) is 47.7 Å². The number of tetrazole rings is 1. The van der Waals surface area contributed by atoms with Gasteiger partial charge in [-0.1, -0.05) is 36.0 Å². The fourth-order valence-electron chi connectivity index (χ4n) is 2.11. The Hall–Kier alpha value is -3.18. The normalized spacial score (nSPS) is 11.5. The minimum atomic E-state index is -0.417. The average molecular weight is 350 g/mol. The second kappa shape index (κ2) is 7.59. The van der Waals surface area contributed by atoms with E-state index in [1.54, 1.807) is 35.9 Å². The van der Waals surface area contributed by atoms with Crippen LogP contribution in [-0.2, 0) is 4.79 Å². The van der Waals surface area contributed by atoms with Crippen molar-refractivity contribution in [1.82, 2.24) is 20.2 Å². The summed E-state index contributed by atoms with van der Waals surface area (Å²) >= 11 is 1.26. The number of hydrogen-bond acceptors (Lipinski definition) is 6. The Morgan fingerprint density at radius 1 is 1.24 bits per heavy atom. The third kappa shape index (κ3) is 4.02. The van der Waals surface area contributed by atoms with Crippen molar-refractivity contribution in [2.75, 3.05) is 5.32 Å². The number of aromatic nitrogens is 4. The number of carbonyl (C=O) groups excluding carboxylic acids is 1. The van der Waals surface area contributed by atoms with E-state index in [0.29, 0.717) is 16.4 Å². The molecule has 0 saturated carbocycles. The maximum Gasteiger partial charge on any atom is 0.237 e. The monoisotopic (exact) mass is 350 g/mol. The number of nitrogens with one attached hydrogen (secondary N) is 1. The third-order valence-electron chi connectivity index (χ3n) is 3.35. The van der Waals surface area contributed by atoms with Gasteiger partial charge in [0.25, 0.3) is 0 Å². The number of para-hydroxylation sites is 1.